The van der Waals surface area contributed by atoms with Crippen LogP contribution in [0.2, 0.25) is 10.0 Å². The standard InChI is InChI=1S/C18H15Cl2N3O2/c19-14-6-3-5-12(10-14)18-22-17(25-23-18)9-8-16(24)21-11-13-4-1-2-7-15(13)20/h1-7,10H,8-9,11H2,(H,21,24). The molecule has 7 heteroatoms. The van der Waals surface area contributed by atoms with E-state index in [9.17, 15) is 4.79 Å². The Morgan fingerprint density at radius 2 is 1.96 bits per heavy atom. The quantitative estimate of drug-likeness (QED) is 0.697. The Morgan fingerprint density at radius 3 is 2.76 bits per heavy atom. The summed E-state index contributed by atoms with van der Waals surface area (Å²) in [6.07, 6.45) is 0.615. The molecule has 0 bridgehead atoms. The van der Waals surface area contributed by atoms with Crippen LogP contribution < -0.4 is 5.32 Å². The molecule has 1 N–H and O–H groups in total. The van der Waals surface area contributed by atoms with Crippen molar-refractivity contribution in [2.45, 2.75) is 19.4 Å². The SMILES string of the molecule is O=C(CCc1nc(-c2cccc(Cl)c2)no1)NCc1ccccc1Cl. The van der Waals surface area contributed by atoms with Gasteiger partial charge in [-0.05, 0) is 23.8 Å². The van der Waals surface area contributed by atoms with Crippen molar-refractivity contribution in [1.29, 1.82) is 0 Å². The number of nitrogens with one attached hydrogen (secondary N) is 1. The van der Waals surface area contributed by atoms with Crippen LogP contribution >= 0.6 is 23.2 Å². The van der Waals surface area contributed by atoms with Crippen molar-refractivity contribution in [3.05, 3.63) is 70.0 Å². The first-order valence-electron chi connectivity index (χ1n) is 7.70. The van der Waals surface area contributed by atoms with Crippen LogP contribution in [0.5, 0.6) is 0 Å². The highest BCUT2D eigenvalue weighted by molar-refractivity contribution is 6.31. The Morgan fingerprint density at radius 1 is 1.12 bits per heavy atom. The summed E-state index contributed by atoms with van der Waals surface area (Å²) in [5, 5.41) is 7.97. The predicted octanol–water partition coefficient (Wildman–Crippen LogP) is 4.29. The Kier molecular flexibility index (Phi) is 5.68. The van der Waals surface area contributed by atoms with E-state index in [4.69, 9.17) is 27.7 Å². The van der Waals surface area contributed by atoms with E-state index in [1.807, 2.05) is 30.3 Å². The molecule has 25 heavy (non-hydrogen) atoms. The van der Waals surface area contributed by atoms with Gasteiger partial charge in [0.05, 0.1) is 0 Å². The molecule has 0 saturated carbocycles. The molecule has 1 aromatic heterocycles. The average Bonchev–Trinajstić information content (AvgIpc) is 3.08. The number of aryl methyl sites for hydroxylation is 1. The van der Waals surface area contributed by atoms with E-state index < -0.39 is 0 Å². The fraction of sp³-hybridized carbons (Fsp3) is 0.167. The third-order valence-corrected chi connectivity index (χ3v) is 4.15. The molecule has 0 aliphatic heterocycles. The van der Waals surface area contributed by atoms with Gasteiger partial charge in [0, 0.05) is 35.0 Å². The minimum atomic E-state index is -0.109. The van der Waals surface area contributed by atoms with Gasteiger partial charge in [-0.2, -0.15) is 4.98 Å². The van der Waals surface area contributed by atoms with Gasteiger partial charge in [0.2, 0.25) is 17.6 Å². The van der Waals surface area contributed by atoms with Gasteiger partial charge in [-0.3, -0.25) is 4.79 Å². The zero-order valence-corrected chi connectivity index (χ0v) is 14.7. The van der Waals surface area contributed by atoms with E-state index in [1.54, 1.807) is 18.2 Å². The molecular weight excluding hydrogens is 361 g/mol. The van der Waals surface area contributed by atoms with Crippen molar-refractivity contribution in [3.63, 3.8) is 0 Å². The van der Waals surface area contributed by atoms with E-state index in [0.717, 1.165) is 11.1 Å². The maximum Gasteiger partial charge on any atom is 0.227 e. The number of carbonyl (C=O) groups excluding carboxylic acids is 1. The minimum absolute atomic E-state index is 0.109. The van der Waals surface area contributed by atoms with Crippen molar-refractivity contribution in [3.8, 4) is 11.4 Å². The van der Waals surface area contributed by atoms with Crippen molar-refractivity contribution in [1.82, 2.24) is 15.5 Å². The lowest BCUT2D eigenvalue weighted by atomic mass is 10.2. The van der Waals surface area contributed by atoms with Gasteiger partial charge in [-0.15, -0.1) is 0 Å². The minimum Gasteiger partial charge on any atom is -0.352 e. The largest absolute Gasteiger partial charge is 0.352 e. The Hall–Kier alpha value is -2.37. The Balaban J connectivity index is 1.52. The summed E-state index contributed by atoms with van der Waals surface area (Å²) in [5.41, 5.74) is 1.64. The van der Waals surface area contributed by atoms with Crippen molar-refractivity contribution >= 4 is 29.1 Å². The molecule has 1 heterocycles. The lowest BCUT2D eigenvalue weighted by Gasteiger charge is -2.05. The molecule has 2 aromatic carbocycles. The van der Waals surface area contributed by atoms with Crippen molar-refractivity contribution < 1.29 is 9.32 Å². The Labute approximate surface area is 155 Å². The number of carbonyl (C=O) groups is 1. The number of rotatable bonds is 6. The van der Waals surface area contributed by atoms with Crippen LogP contribution in [0.3, 0.4) is 0 Å². The van der Waals surface area contributed by atoms with Crippen LogP contribution in [0.25, 0.3) is 11.4 Å². The first-order chi connectivity index (χ1) is 12.1. The summed E-state index contributed by atoms with van der Waals surface area (Å²) >= 11 is 12.0. The van der Waals surface area contributed by atoms with Gasteiger partial charge >= 0.3 is 0 Å². The molecule has 1 amide bonds. The topological polar surface area (TPSA) is 68.0 Å². The summed E-state index contributed by atoms with van der Waals surface area (Å²) in [6, 6.07) is 14.6. The molecule has 0 atom stereocenters. The van der Waals surface area contributed by atoms with Crippen LogP contribution in [-0.2, 0) is 17.8 Å². The zero-order valence-electron chi connectivity index (χ0n) is 13.2. The molecule has 0 radical (unpaired) electrons. The van der Waals surface area contributed by atoms with E-state index in [2.05, 4.69) is 15.5 Å². The van der Waals surface area contributed by atoms with Gasteiger partial charge in [-0.25, -0.2) is 0 Å². The second-order valence-electron chi connectivity index (χ2n) is 5.39. The summed E-state index contributed by atoms with van der Waals surface area (Å²) in [5.74, 6) is 0.749. The number of nitrogens with zero attached hydrogens (tertiary/aromatic N) is 2. The van der Waals surface area contributed by atoms with E-state index in [0.29, 0.717) is 34.7 Å². The summed E-state index contributed by atoms with van der Waals surface area (Å²) < 4.78 is 5.19. The maximum atomic E-state index is 12.0. The molecule has 0 aliphatic carbocycles. The van der Waals surface area contributed by atoms with E-state index >= 15 is 0 Å². The summed E-state index contributed by atoms with van der Waals surface area (Å²) in [7, 11) is 0. The number of aromatic nitrogens is 2. The molecule has 5 nitrogen and oxygen atoms in total. The maximum absolute atomic E-state index is 12.0. The summed E-state index contributed by atoms with van der Waals surface area (Å²) in [4.78, 5) is 16.2. The van der Waals surface area contributed by atoms with Crippen LogP contribution in [0.1, 0.15) is 17.9 Å². The van der Waals surface area contributed by atoms with Crippen molar-refractivity contribution in [2.75, 3.05) is 0 Å². The molecular formula is C18H15Cl2N3O2. The number of halogens is 2. The number of hydrogen-bond donors (Lipinski definition) is 1. The fourth-order valence-corrected chi connectivity index (χ4v) is 2.64. The van der Waals surface area contributed by atoms with Gasteiger partial charge in [-0.1, -0.05) is 58.7 Å². The third-order valence-electron chi connectivity index (χ3n) is 3.55. The average molecular weight is 376 g/mol. The van der Waals surface area contributed by atoms with Crippen LogP contribution in [-0.4, -0.2) is 16.0 Å². The number of amides is 1. The Bertz CT molecular complexity index is 880. The highest BCUT2D eigenvalue weighted by Gasteiger charge is 2.11. The third kappa shape index (κ3) is 4.81. The first kappa shape index (κ1) is 17.5. The molecule has 3 aromatic rings. The highest BCUT2D eigenvalue weighted by atomic mass is 35.5. The van der Waals surface area contributed by atoms with Crippen LogP contribution in [0.15, 0.2) is 53.1 Å². The fourth-order valence-electron chi connectivity index (χ4n) is 2.25. The number of hydrogen-bond acceptors (Lipinski definition) is 4. The van der Waals surface area contributed by atoms with Gasteiger partial charge in [0.15, 0.2) is 0 Å². The number of benzene rings is 2. The zero-order chi connectivity index (χ0) is 17.6. The second-order valence-corrected chi connectivity index (χ2v) is 6.23. The van der Waals surface area contributed by atoms with Gasteiger partial charge in [0.1, 0.15) is 0 Å². The lowest BCUT2D eigenvalue weighted by Crippen LogP contribution is -2.23. The molecule has 0 aliphatic rings. The van der Waals surface area contributed by atoms with Crippen molar-refractivity contribution in [2.24, 2.45) is 0 Å². The molecule has 128 valence electrons. The lowest BCUT2D eigenvalue weighted by molar-refractivity contribution is -0.121. The normalized spacial score (nSPS) is 10.6. The smallest absolute Gasteiger partial charge is 0.227 e. The predicted molar refractivity (Wildman–Crippen MR) is 96.4 cm³/mol. The molecule has 3 rings (SSSR count). The second kappa shape index (κ2) is 8.14. The molecule has 0 unspecified atom stereocenters. The van der Waals surface area contributed by atoms with Gasteiger partial charge < -0.3 is 9.84 Å². The van der Waals surface area contributed by atoms with E-state index in [-0.39, 0.29) is 12.3 Å². The van der Waals surface area contributed by atoms with Crippen LogP contribution in [0.4, 0.5) is 0 Å². The first-order valence-corrected chi connectivity index (χ1v) is 8.46. The highest BCUT2D eigenvalue weighted by Crippen LogP contribution is 2.20. The van der Waals surface area contributed by atoms with Gasteiger partial charge in [0.25, 0.3) is 0 Å². The molecule has 0 saturated heterocycles. The molecule has 0 spiro atoms. The monoisotopic (exact) mass is 375 g/mol. The van der Waals surface area contributed by atoms with E-state index in [1.165, 1.54) is 0 Å². The van der Waals surface area contributed by atoms with Crippen LogP contribution in [0, 0.1) is 0 Å². The molecule has 0 fully saturated rings. The summed E-state index contributed by atoms with van der Waals surface area (Å²) in [6.45, 7) is 0.385.